The van der Waals surface area contributed by atoms with E-state index in [9.17, 15) is 13.0 Å². The fraction of sp³-hybridized carbons (Fsp3) is 0.292. The van der Waals surface area contributed by atoms with Gasteiger partial charge in [-0.05, 0) is 55.7 Å². The van der Waals surface area contributed by atoms with Crippen LogP contribution in [0.5, 0.6) is 11.5 Å². The summed E-state index contributed by atoms with van der Waals surface area (Å²) in [7, 11) is -4.33. The maximum Gasteiger partial charge on any atom is 0.273 e. The Kier molecular flexibility index (Phi) is 6.25. The largest absolute Gasteiger partial charge is 0.453 e. The molecule has 1 unspecified atom stereocenters. The topological polar surface area (TPSA) is 79.7 Å². The number of pyridine rings is 1. The van der Waals surface area contributed by atoms with Crippen molar-refractivity contribution in [1.82, 2.24) is 4.98 Å². The number of aryl methyl sites for hydroxylation is 1. The third-order valence-corrected chi connectivity index (χ3v) is 6.65. The summed E-state index contributed by atoms with van der Waals surface area (Å²) in [6.07, 6.45) is 2.98. The first-order chi connectivity index (χ1) is 15.0. The van der Waals surface area contributed by atoms with E-state index in [2.05, 4.69) is 11.9 Å². The first kappa shape index (κ1) is 21.3. The van der Waals surface area contributed by atoms with Crippen molar-refractivity contribution in [2.75, 3.05) is 11.4 Å². The SMILES string of the molecule is CCCCc1cccc(C(CCN2c3ccccc3Oc3ccccc32)S(=O)(=O)O)n1. The molecule has 1 N–H and O–H groups in total. The van der Waals surface area contributed by atoms with Crippen molar-refractivity contribution in [3.8, 4) is 11.5 Å². The van der Waals surface area contributed by atoms with Gasteiger partial charge < -0.3 is 9.64 Å². The molecule has 0 radical (unpaired) electrons. The minimum Gasteiger partial charge on any atom is -0.453 e. The molecule has 4 rings (SSSR count). The molecule has 2 heterocycles. The number of rotatable bonds is 8. The molecular weight excluding hydrogens is 412 g/mol. The van der Waals surface area contributed by atoms with Crippen molar-refractivity contribution in [1.29, 1.82) is 0 Å². The maximum absolute atomic E-state index is 12.3. The predicted molar refractivity (Wildman–Crippen MR) is 122 cm³/mol. The number of aromatic nitrogens is 1. The molecule has 6 nitrogen and oxygen atoms in total. The number of hydrogen-bond acceptors (Lipinski definition) is 5. The van der Waals surface area contributed by atoms with Gasteiger partial charge in [-0.3, -0.25) is 9.54 Å². The summed E-state index contributed by atoms with van der Waals surface area (Å²) >= 11 is 0. The molecule has 0 fully saturated rings. The predicted octanol–water partition coefficient (Wildman–Crippen LogP) is 5.69. The fourth-order valence-electron chi connectivity index (χ4n) is 3.89. The van der Waals surface area contributed by atoms with Crippen LogP contribution in [0.15, 0.2) is 66.7 Å². The van der Waals surface area contributed by atoms with Crippen LogP contribution in [0.2, 0.25) is 0 Å². The molecule has 1 aromatic heterocycles. The third kappa shape index (κ3) is 4.73. The molecule has 1 atom stereocenters. The molecular formula is C24H26N2O4S. The molecule has 0 amide bonds. The Balaban J connectivity index is 1.64. The van der Waals surface area contributed by atoms with Crippen LogP contribution in [0.1, 0.15) is 42.8 Å². The van der Waals surface area contributed by atoms with Crippen LogP contribution in [-0.2, 0) is 16.5 Å². The fourth-order valence-corrected chi connectivity index (χ4v) is 4.73. The molecule has 2 aromatic carbocycles. The normalized spacial score (nSPS) is 13.8. The van der Waals surface area contributed by atoms with Crippen LogP contribution in [0, 0.1) is 0 Å². The average molecular weight is 439 g/mol. The first-order valence-corrected chi connectivity index (χ1v) is 12.0. The van der Waals surface area contributed by atoms with E-state index in [0.29, 0.717) is 23.7 Å². The second kappa shape index (κ2) is 9.08. The summed E-state index contributed by atoms with van der Waals surface area (Å²) in [5, 5.41) is -1.10. The monoisotopic (exact) mass is 438 g/mol. The lowest BCUT2D eigenvalue weighted by atomic mass is 10.1. The summed E-state index contributed by atoms with van der Waals surface area (Å²) in [4.78, 5) is 6.58. The maximum atomic E-state index is 12.3. The Labute approximate surface area is 183 Å². The van der Waals surface area contributed by atoms with Gasteiger partial charge in [-0.25, -0.2) is 0 Å². The highest BCUT2D eigenvalue weighted by molar-refractivity contribution is 7.86. The first-order valence-electron chi connectivity index (χ1n) is 10.5. The number of hydrogen-bond donors (Lipinski definition) is 1. The smallest absolute Gasteiger partial charge is 0.273 e. The Morgan fingerprint density at radius 3 is 2.23 bits per heavy atom. The van der Waals surface area contributed by atoms with Gasteiger partial charge in [-0.15, -0.1) is 0 Å². The van der Waals surface area contributed by atoms with Crippen LogP contribution in [0.3, 0.4) is 0 Å². The molecule has 0 spiro atoms. The van der Waals surface area contributed by atoms with Gasteiger partial charge in [0.25, 0.3) is 10.1 Å². The molecule has 0 saturated carbocycles. The Morgan fingerprint density at radius 2 is 1.61 bits per heavy atom. The average Bonchev–Trinajstić information content (AvgIpc) is 2.76. The number of benzene rings is 2. The Hall–Kier alpha value is -2.90. The molecule has 1 aliphatic rings. The molecule has 31 heavy (non-hydrogen) atoms. The minimum absolute atomic E-state index is 0.186. The lowest BCUT2D eigenvalue weighted by Gasteiger charge is -2.33. The number of anilines is 2. The molecule has 7 heteroatoms. The highest BCUT2D eigenvalue weighted by Gasteiger charge is 2.30. The van der Waals surface area contributed by atoms with Gasteiger partial charge >= 0.3 is 0 Å². The van der Waals surface area contributed by atoms with Gasteiger partial charge in [0.1, 0.15) is 5.25 Å². The summed E-state index contributed by atoms with van der Waals surface area (Å²) in [5.41, 5.74) is 2.95. The number of nitrogens with zero attached hydrogens (tertiary/aromatic N) is 2. The molecule has 162 valence electrons. The zero-order valence-electron chi connectivity index (χ0n) is 17.4. The summed E-state index contributed by atoms with van der Waals surface area (Å²) in [5.74, 6) is 1.42. The third-order valence-electron chi connectivity index (χ3n) is 5.45. The minimum atomic E-state index is -4.33. The number of fused-ring (bicyclic) bond motifs is 2. The van der Waals surface area contributed by atoms with Crippen molar-refractivity contribution < 1.29 is 17.7 Å². The van der Waals surface area contributed by atoms with E-state index in [1.807, 2.05) is 65.6 Å². The quantitative estimate of drug-likeness (QED) is 0.455. The van der Waals surface area contributed by atoms with E-state index in [4.69, 9.17) is 4.74 Å². The van der Waals surface area contributed by atoms with Crippen molar-refractivity contribution in [2.45, 2.75) is 37.9 Å². The molecule has 0 bridgehead atoms. The Morgan fingerprint density at radius 1 is 0.968 bits per heavy atom. The van der Waals surface area contributed by atoms with Crippen molar-refractivity contribution in [3.05, 3.63) is 78.1 Å². The zero-order chi connectivity index (χ0) is 21.8. The highest BCUT2D eigenvalue weighted by atomic mass is 32.2. The highest BCUT2D eigenvalue weighted by Crippen LogP contribution is 2.46. The van der Waals surface area contributed by atoms with Gasteiger partial charge in [-0.1, -0.05) is 43.7 Å². The van der Waals surface area contributed by atoms with E-state index in [-0.39, 0.29) is 6.42 Å². The molecule has 3 aromatic rings. The van der Waals surface area contributed by atoms with Crippen LogP contribution in [0.4, 0.5) is 11.4 Å². The van der Waals surface area contributed by atoms with E-state index >= 15 is 0 Å². The van der Waals surface area contributed by atoms with E-state index in [0.717, 1.165) is 36.3 Å². The van der Waals surface area contributed by atoms with E-state index in [1.54, 1.807) is 6.07 Å². The molecule has 0 aliphatic carbocycles. The van der Waals surface area contributed by atoms with Crippen LogP contribution < -0.4 is 9.64 Å². The number of ether oxygens (including phenoxy) is 1. The second-order valence-electron chi connectivity index (χ2n) is 7.64. The van der Waals surface area contributed by atoms with Crippen LogP contribution >= 0.6 is 0 Å². The Bertz CT molecular complexity index is 1120. The summed E-state index contributed by atoms with van der Waals surface area (Å²) in [6.45, 7) is 2.48. The van der Waals surface area contributed by atoms with Gasteiger partial charge in [-0.2, -0.15) is 8.42 Å². The van der Waals surface area contributed by atoms with Crippen molar-refractivity contribution >= 4 is 21.5 Å². The lowest BCUT2D eigenvalue weighted by molar-refractivity contribution is 0.459. The van der Waals surface area contributed by atoms with Crippen LogP contribution in [0.25, 0.3) is 0 Å². The summed E-state index contributed by atoms with van der Waals surface area (Å²) < 4.78 is 40.6. The second-order valence-corrected chi connectivity index (χ2v) is 9.24. The standard InChI is InChI=1S/C24H26N2O4S/c1-2-3-9-18-10-8-11-19(25-18)24(31(27,28)29)16-17-26-20-12-4-6-14-22(20)30-23-15-7-5-13-21(23)26/h4-8,10-15,24H,2-3,9,16-17H2,1H3,(H,27,28,29). The van der Waals surface area contributed by atoms with Gasteiger partial charge in [0.15, 0.2) is 11.5 Å². The molecule has 0 saturated heterocycles. The number of unbranched alkanes of at least 4 members (excludes halogenated alkanes) is 1. The van der Waals surface area contributed by atoms with Gasteiger partial charge in [0.2, 0.25) is 0 Å². The van der Waals surface area contributed by atoms with E-state index in [1.165, 1.54) is 0 Å². The van der Waals surface area contributed by atoms with Crippen molar-refractivity contribution in [3.63, 3.8) is 0 Å². The van der Waals surface area contributed by atoms with Gasteiger partial charge in [0, 0.05) is 12.2 Å². The van der Waals surface area contributed by atoms with E-state index < -0.39 is 15.4 Å². The van der Waals surface area contributed by atoms with Gasteiger partial charge in [0.05, 0.1) is 17.1 Å². The molecule has 1 aliphatic heterocycles. The number of para-hydroxylation sites is 4. The lowest BCUT2D eigenvalue weighted by Crippen LogP contribution is -2.26. The summed E-state index contributed by atoms with van der Waals surface area (Å²) in [6, 6.07) is 20.7. The van der Waals surface area contributed by atoms with Crippen molar-refractivity contribution in [2.24, 2.45) is 0 Å². The zero-order valence-corrected chi connectivity index (χ0v) is 18.3. The van der Waals surface area contributed by atoms with Crippen LogP contribution in [-0.4, -0.2) is 24.5 Å².